The lowest BCUT2D eigenvalue weighted by Gasteiger charge is -2.56. The number of likely N-dealkylation sites (tertiary alicyclic amines) is 1. The number of aliphatic hydroxyl groups excluding tert-OH is 1. The van der Waals surface area contributed by atoms with Gasteiger partial charge in [0, 0.05) is 45.8 Å². The molecular formula is C20H29N5O3. The smallest absolute Gasteiger partial charge is 0.257 e. The Balaban J connectivity index is 1.58. The van der Waals surface area contributed by atoms with Gasteiger partial charge in [0.1, 0.15) is 0 Å². The van der Waals surface area contributed by atoms with Gasteiger partial charge in [0.2, 0.25) is 11.9 Å². The molecule has 1 aromatic rings. The van der Waals surface area contributed by atoms with E-state index in [9.17, 15) is 14.7 Å². The summed E-state index contributed by atoms with van der Waals surface area (Å²) in [6.45, 7) is 3.01. The Kier molecular flexibility index (Phi) is 4.99. The molecule has 4 atom stereocenters. The summed E-state index contributed by atoms with van der Waals surface area (Å²) >= 11 is 0. The summed E-state index contributed by atoms with van der Waals surface area (Å²) in [5.41, 5.74) is 1.20. The number of hydrogen-bond acceptors (Lipinski definition) is 6. The second-order valence-corrected chi connectivity index (χ2v) is 8.54. The first-order valence-electron chi connectivity index (χ1n) is 10.1. The zero-order valence-corrected chi connectivity index (χ0v) is 16.8. The van der Waals surface area contributed by atoms with Crippen LogP contribution in [0.25, 0.3) is 0 Å². The Morgan fingerprint density at radius 2 is 2.07 bits per heavy atom. The number of amides is 2. The number of rotatable bonds is 3. The van der Waals surface area contributed by atoms with Gasteiger partial charge in [-0.2, -0.15) is 0 Å². The van der Waals surface area contributed by atoms with Gasteiger partial charge in [0.15, 0.2) is 0 Å². The van der Waals surface area contributed by atoms with Crippen molar-refractivity contribution in [1.82, 2.24) is 19.8 Å². The van der Waals surface area contributed by atoms with Crippen molar-refractivity contribution in [2.75, 3.05) is 38.7 Å². The van der Waals surface area contributed by atoms with E-state index in [4.69, 9.17) is 0 Å². The molecule has 0 saturated carbocycles. The zero-order chi connectivity index (χ0) is 20.0. The fourth-order valence-electron chi connectivity index (χ4n) is 5.23. The molecule has 2 amide bonds. The molecule has 3 fully saturated rings. The quantitative estimate of drug-likeness (QED) is 0.821. The molecule has 8 nitrogen and oxygen atoms in total. The van der Waals surface area contributed by atoms with Gasteiger partial charge in [0.05, 0.1) is 23.9 Å². The Bertz CT molecular complexity index is 769. The molecule has 0 spiro atoms. The molecule has 0 aliphatic carbocycles. The molecule has 0 unspecified atom stereocenters. The largest absolute Gasteiger partial charge is 0.394 e. The predicted octanol–water partition coefficient (Wildman–Crippen LogP) is 0.685. The molecule has 152 valence electrons. The van der Waals surface area contributed by atoms with Crippen molar-refractivity contribution in [2.45, 2.75) is 44.7 Å². The highest BCUT2D eigenvalue weighted by atomic mass is 16.3. The van der Waals surface area contributed by atoms with Crippen molar-refractivity contribution >= 4 is 17.8 Å². The Morgan fingerprint density at radius 1 is 1.32 bits per heavy atom. The van der Waals surface area contributed by atoms with Crippen molar-refractivity contribution in [3.05, 3.63) is 17.5 Å². The minimum Gasteiger partial charge on any atom is -0.394 e. The van der Waals surface area contributed by atoms with Crippen LogP contribution in [-0.4, -0.2) is 82.6 Å². The van der Waals surface area contributed by atoms with Crippen LogP contribution in [0.15, 0.2) is 6.20 Å². The SMILES string of the molecule is Cc1nc(N(C)C)ncc1C(=O)N1C[C@H]2C[C@@H](C1)[C@H](CO)N1C(=O)CCC[C@@H]21. The van der Waals surface area contributed by atoms with Gasteiger partial charge in [0.25, 0.3) is 5.91 Å². The lowest BCUT2D eigenvalue weighted by Crippen LogP contribution is -2.66. The lowest BCUT2D eigenvalue weighted by molar-refractivity contribution is -0.154. The van der Waals surface area contributed by atoms with Crippen LogP contribution >= 0.6 is 0 Å². The van der Waals surface area contributed by atoms with Gasteiger partial charge < -0.3 is 19.8 Å². The summed E-state index contributed by atoms with van der Waals surface area (Å²) < 4.78 is 0. The first-order valence-corrected chi connectivity index (χ1v) is 10.1. The van der Waals surface area contributed by atoms with Gasteiger partial charge >= 0.3 is 0 Å². The summed E-state index contributed by atoms with van der Waals surface area (Å²) in [5.74, 6) is 1.09. The fourth-order valence-corrected chi connectivity index (χ4v) is 5.23. The standard InChI is InChI=1S/C20H29N5O3/c1-12-15(8-21-20(22-12)23(2)3)19(28)24-9-13-7-14(10-24)17(11-26)25-16(13)5-4-6-18(25)27/h8,13-14,16-17,26H,4-7,9-11H2,1-3H3/t13-,14+,16+,17+/m1/s1. The highest BCUT2D eigenvalue weighted by Gasteiger charge is 2.49. The molecule has 4 rings (SSSR count). The molecule has 4 heterocycles. The summed E-state index contributed by atoms with van der Waals surface area (Å²) in [4.78, 5) is 40.2. The van der Waals surface area contributed by atoms with Crippen molar-refractivity contribution in [3.8, 4) is 0 Å². The van der Waals surface area contributed by atoms with Crippen LogP contribution in [0.3, 0.4) is 0 Å². The van der Waals surface area contributed by atoms with E-state index in [0.717, 1.165) is 19.3 Å². The number of aromatic nitrogens is 2. The Morgan fingerprint density at radius 3 is 2.75 bits per heavy atom. The van der Waals surface area contributed by atoms with E-state index in [1.54, 1.807) is 6.20 Å². The van der Waals surface area contributed by atoms with Crippen LogP contribution < -0.4 is 4.90 Å². The second-order valence-electron chi connectivity index (χ2n) is 8.54. The summed E-state index contributed by atoms with van der Waals surface area (Å²) in [5, 5.41) is 10.0. The molecule has 3 aliphatic heterocycles. The number of hydrogen-bond donors (Lipinski definition) is 1. The maximum absolute atomic E-state index is 13.2. The second kappa shape index (κ2) is 7.31. The summed E-state index contributed by atoms with van der Waals surface area (Å²) in [6.07, 6.45) is 5.01. The van der Waals surface area contributed by atoms with Crippen LogP contribution in [0.4, 0.5) is 5.95 Å². The zero-order valence-electron chi connectivity index (χ0n) is 16.8. The fraction of sp³-hybridized carbons (Fsp3) is 0.700. The number of piperidine rings is 3. The van der Waals surface area contributed by atoms with E-state index in [0.29, 0.717) is 36.7 Å². The molecule has 3 saturated heterocycles. The van der Waals surface area contributed by atoms with Gasteiger partial charge in [-0.05, 0) is 38.0 Å². The molecule has 28 heavy (non-hydrogen) atoms. The van der Waals surface area contributed by atoms with E-state index in [2.05, 4.69) is 9.97 Å². The van der Waals surface area contributed by atoms with Crippen LogP contribution in [0.1, 0.15) is 41.7 Å². The summed E-state index contributed by atoms with van der Waals surface area (Å²) in [6, 6.07) is -0.0446. The maximum Gasteiger partial charge on any atom is 0.257 e. The molecule has 2 bridgehead atoms. The first kappa shape index (κ1) is 19.1. The number of aliphatic hydroxyl groups is 1. The van der Waals surface area contributed by atoms with E-state index in [-0.39, 0.29) is 42.3 Å². The van der Waals surface area contributed by atoms with E-state index >= 15 is 0 Å². The number of carbonyl (C=O) groups excluding carboxylic acids is 2. The summed E-state index contributed by atoms with van der Waals surface area (Å²) in [7, 11) is 3.74. The minimum atomic E-state index is -0.182. The maximum atomic E-state index is 13.2. The molecule has 1 N–H and O–H groups in total. The van der Waals surface area contributed by atoms with Gasteiger partial charge in [-0.15, -0.1) is 0 Å². The number of carbonyl (C=O) groups is 2. The lowest BCUT2D eigenvalue weighted by atomic mass is 9.72. The van der Waals surface area contributed by atoms with Crippen LogP contribution in [-0.2, 0) is 4.79 Å². The van der Waals surface area contributed by atoms with Crippen molar-refractivity contribution in [2.24, 2.45) is 11.8 Å². The topological polar surface area (TPSA) is 89.9 Å². The van der Waals surface area contributed by atoms with Crippen molar-refractivity contribution < 1.29 is 14.7 Å². The Hall–Kier alpha value is -2.22. The average Bonchev–Trinajstić information content (AvgIpc) is 2.68. The highest BCUT2D eigenvalue weighted by Crippen LogP contribution is 2.41. The third kappa shape index (κ3) is 3.13. The minimum absolute atomic E-state index is 0.0403. The van der Waals surface area contributed by atoms with E-state index < -0.39 is 0 Å². The highest BCUT2D eigenvalue weighted by molar-refractivity contribution is 5.95. The van der Waals surface area contributed by atoms with Crippen LogP contribution in [0.5, 0.6) is 0 Å². The third-order valence-corrected chi connectivity index (χ3v) is 6.57. The monoisotopic (exact) mass is 387 g/mol. The van der Waals surface area contributed by atoms with Crippen molar-refractivity contribution in [1.29, 1.82) is 0 Å². The number of nitrogens with zero attached hydrogens (tertiary/aromatic N) is 5. The predicted molar refractivity (Wildman–Crippen MR) is 104 cm³/mol. The van der Waals surface area contributed by atoms with Gasteiger partial charge in [-0.25, -0.2) is 9.97 Å². The van der Waals surface area contributed by atoms with Gasteiger partial charge in [-0.3, -0.25) is 9.59 Å². The molecule has 3 aliphatic rings. The van der Waals surface area contributed by atoms with Crippen LogP contribution in [0.2, 0.25) is 0 Å². The number of aryl methyl sites for hydroxylation is 1. The molecular weight excluding hydrogens is 358 g/mol. The van der Waals surface area contributed by atoms with Gasteiger partial charge in [-0.1, -0.05) is 0 Å². The number of anilines is 1. The van der Waals surface area contributed by atoms with E-state index in [1.165, 1.54) is 0 Å². The Labute approximate surface area is 165 Å². The normalized spacial score (nSPS) is 29.5. The van der Waals surface area contributed by atoms with Crippen LogP contribution in [0, 0.1) is 18.8 Å². The molecule has 0 aromatic carbocycles. The van der Waals surface area contributed by atoms with Crippen molar-refractivity contribution in [3.63, 3.8) is 0 Å². The first-order chi connectivity index (χ1) is 13.4. The average molecular weight is 387 g/mol. The molecule has 8 heteroatoms. The molecule has 1 aromatic heterocycles. The van der Waals surface area contributed by atoms with E-state index in [1.807, 2.05) is 35.7 Å². The number of fused-ring (bicyclic) bond motifs is 4. The molecule has 0 radical (unpaired) electrons. The third-order valence-electron chi connectivity index (χ3n) is 6.57.